The van der Waals surface area contributed by atoms with E-state index < -0.39 is 5.91 Å². The van der Waals surface area contributed by atoms with Gasteiger partial charge in [0, 0.05) is 11.4 Å². The maximum Gasteiger partial charge on any atom is 0.273 e. The van der Waals surface area contributed by atoms with Gasteiger partial charge in [-0.3, -0.25) is 20.4 Å². The van der Waals surface area contributed by atoms with Gasteiger partial charge >= 0.3 is 0 Å². The summed E-state index contributed by atoms with van der Waals surface area (Å²) in [6, 6.07) is 12.1. The Kier molecular flexibility index (Phi) is 7.29. The van der Waals surface area contributed by atoms with Crippen LogP contribution in [-0.4, -0.2) is 25.5 Å². The second-order valence-corrected chi connectivity index (χ2v) is 6.00. The Bertz CT molecular complexity index is 780. The average Bonchev–Trinajstić information content (AvgIpc) is 2.64. The number of carbonyl (C=O) groups is 2. The molecule has 2 amide bonds. The fourth-order valence-corrected chi connectivity index (χ4v) is 2.50. The Morgan fingerprint density at radius 1 is 1.08 bits per heavy atom. The zero-order chi connectivity index (χ0) is 18.9. The van der Waals surface area contributed by atoms with Crippen LogP contribution >= 0.6 is 11.6 Å². The van der Waals surface area contributed by atoms with Crippen LogP contribution in [0.2, 0.25) is 5.02 Å². The molecule has 0 aliphatic heterocycles. The number of benzene rings is 2. The molecule has 0 aliphatic carbocycles. The third kappa shape index (κ3) is 5.67. The molecule has 2 aromatic carbocycles. The third-order valence-corrected chi connectivity index (χ3v) is 3.84. The number of hydrogen-bond acceptors (Lipinski definition) is 4. The molecule has 0 aliphatic rings. The van der Waals surface area contributed by atoms with E-state index in [1.165, 1.54) is 7.11 Å². The predicted molar refractivity (Wildman–Crippen MR) is 99.5 cm³/mol. The van der Waals surface area contributed by atoms with Gasteiger partial charge in [-0.25, -0.2) is 0 Å². The van der Waals surface area contributed by atoms with Gasteiger partial charge in [-0.1, -0.05) is 23.7 Å². The first-order chi connectivity index (χ1) is 12.5. The molecular weight excluding hydrogens is 356 g/mol. The molecule has 2 N–H and O–H groups in total. The Balaban J connectivity index is 1.71. The van der Waals surface area contributed by atoms with Crippen LogP contribution in [-0.2, 0) is 4.79 Å². The lowest BCUT2D eigenvalue weighted by Gasteiger charge is -2.11. The molecule has 2 rings (SSSR count). The van der Waals surface area contributed by atoms with Gasteiger partial charge in [0.25, 0.3) is 5.91 Å². The smallest absolute Gasteiger partial charge is 0.273 e. The van der Waals surface area contributed by atoms with E-state index in [0.717, 1.165) is 11.3 Å². The summed E-state index contributed by atoms with van der Waals surface area (Å²) in [7, 11) is 1.48. The SMILES string of the molecule is COc1ccccc1C(=O)NNC(=O)CCCOc1ccc(Cl)cc1C. The summed E-state index contributed by atoms with van der Waals surface area (Å²) >= 11 is 5.89. The van der Waals surface area contributed by atoms with Crippen LogP contribution in [0.25, 0.3) is 0 Å². The molecule has 7 heteroatoms. The summed E-state index contributed by atoms with van der Waals surface area (Å²) in [6.45, 7) is 2.29. The van der Waals surface area contributed by atoms with Gasteiger partial charge < -0.3 is 9.47 Å². The van der Waals surface area contributed by atoms with Gasteiger partial charge in [-0.15, -0.1) is 0 Å². The molecule has 0 unspecified atom stereocenters. The van der Waals surface area contributed by atoms with Crippen molar-refractivity contribution >= 4 is 23.4 Å². The van der Waals surface area contributed by atoms with E-state index in [1.54, 1.807) is 36.4 Å². The number of ether oxygens (including phenoxy) is 2. The number of halogens is 1. The van der Waals surface area contributed by atoms with E-state index in [2.05, 4.69) is 10.9 Å². The van der Waals surface area contributed by atoms with Crippen molar-refractivity contribution in [3.63, 3.8) is 0 Å². The van der Waals surface area contributed by atoms with Crippen molar-refractivity contribution < 1.29 is 19.1 Å². The first-order valence-electron chi connectivity index (χ1n) is 8.12. The van der Waals surface area contributed by atoms with Crippen LogP contribution in [0, 0.1) is 6.92 Å². The molecule has 0 heterocycles. The molecule has 6 nitrogen and oxygen atoms in total. The minimum atomic E-state index is -0.441. The molecule has 0 atom stereocenters. The number of amides is 2. The number of rotatable bonds is 7. The summed E-state index contributed by atoms with van der Waals surface area (Å²) in [6.07, 6.45) is 0.733. The van der Waals surface area contributed by atoms with Crippen molar-refractivity contribution in [3.05, 3.63) is 58.6 Å². The van der Waals surface area contributed by atoms with Crippen LogP contribution < -0.4 is 20.3 Å². The molecule has 138 valence electrons. The number of carbonyl (C=O) groups excluding carboxylic acids is 2. The summed E-state index contributed by atoms with van der Waals surface area (Å²) in [5.41, 5.74) is 6.04. The topological polar surface area (TPSA) is 76.7 Å². The van der Waals surface area contributed by atoms with Gasteiger partial charge in [0.15, 0.2) is 0 Å². The number of aryl methyl sites for hydroxylation is 1. The Morgan fingerprint density at radius 3 is 2.58 bits per heavy atom. The minimum Gasteiger partial charge on any atom is -0.496 e. The van der Waals surface area contributed by atoms with Gasteiger partial charge in [0.1, 0.15) is 11.5 Å². The number of hydrazine groups is 1. The molecule has 0 saturated heterocycles. The lowest BCUT2D eigenvalue weighted by molar-refractivity contribution is -0.122. The third-order valence-electron chi connectivity index (χ3n) is 3.61. The average molecular weight is 377 g/mol. The summed E-state index contributed by atoms with van der Waals surface area (Å²) in [5.74, 6) is 0.429. The lowest BCUT2D eigenvalue weighted by Crippen LogP contribution is -2.41. The highest BCUT2D eigenvalue weighted by molar-refractivity contribution is 6.30. The Hall–Kier alpha value is -2.73. The highest BCUT2D eigenvalue weighted by Gasteiger charge is 2.12. The van der Waals surface area contributed by atoms with E-state index in [0.29, 0.717) is 29.4 Å². The second-order valence-electron chi connectivity index (χ2n) is 5.56. The van der Waals surface area contributed by atoms with Gasteiger partial charge in [0.05, 0.1) is 19.3 Å². The minimum absolute atomic E-state index is 0.221. The van der Waals surface area contributed by atoms with Crippen molar-refractivity contribution in [1.29, 1.82) is 0 Å². The maximum absolute atomic E-state index is 12.1. The fourth-order valence-electron chi connectivity index (χ4n) is 2.28. The van der Waals surface area contributed by atoms with Crippen molar-refractivity contribution in [3.8, 4) is 11.5 Å². The van der Waals surface area contributed by atoms with Crippen LogP contribution in [0.4, 0.5) is 0 Å². The van der Waals surface area contributed by atoms with Gasteiger partial charge in [-0.05, 0) is 49.2 Å². The van der Waals surface area contributed by atoms with Crippen molar-refractivity contribution in [2.75, 3.05) is 13.7 Å². The molecule has 0 spiro atoms. The van der Waals surface area contributed by atoms with Crippen molar-refractivity contribution in [2.24, 2.45) is 0 Å². The number of hydrogen-bond donors (Lipinski definition) is 2. The van der Waals surface area contributed by atoms with Crippen LogP contribution in [0.15, 0.2) is 42.5 Å². The molecule has 0 radical (unpaired) electrons. The van der Waals surface area contributed by atoms with E-state index in [9.17, 15) is 9.59 Å². The standard InChI is InChI=1S/C19H21ClN2O4/c1-13-12-14(20)9-10-16(13)26-11-5-8-18(23)21-22-19(24)15-6-3-4-7-17(15)25-2/h3-4,6-7,9-10,12H,5,8,11H2,1-2H3,(H,21,23)(H,22,24). The summed E-state index contributed by atoms with van der Waals surface area (Å²) in [4.78, 5) is 23.9. The van der Waals surface area contributed by atoms with Gasteiger partial charge in [-0.2, -0.15) is 0 Å². The van der Waals surface area contributed by atoms with Crippen molar-refractivity contribution in [2.45, 2.75) is 19.8 Å². The summed E-state index contributed by atoms with van der Waals surface area (Å²) < 4.78 is 10.7. The van der Waals surface area contributed by atoms with Crippen LogP contribution in [0.1, 0.15) is 28.8 Å². The summed E-state index contributed by atoms with van der Waals surface area (Å²) in [5, 5.41) is 0.653. The zero-order valence-corrected chi connectivity index (χ0v) is 15.4. The Labute approximate surface area is 157 Å². The first-order valence-corrected chi connectivity index (χ1v) is 8.50. The lowest BCUT2D eigenvalue weighted by atomic mass is 10.2. The highest BCUT2D eigenvalue weighted by Crippen LogP contribution is 2.22. The fraction of sp³-hybridized carbons (Fsp3) is 0.263. The second kappa shape index (κ2) is 9.68. The van der Waals surface area contributed by atoms with Gasteiger partial charge in [0.2, 0.25) is 5.91 Å². The predicted octanol–water partition coefficient (Wildman–Crippen LogP) is 3.28. The van der Waals surface area contributed by atoms with Crippen LogP contribution in [0.3, 0.4) is 0 Å². The first kappa shape index (κ1) is 19.6. The monoisotopic (exact) mass is 376 g/mol. The largest absolute Gasteiger partial charge is 0.496 e. The number of para-hydroxylation sites is 1. The molecular formula is C19H21ClN2O4. The van der Waals surface area contributed by atoms with Crippen LogP contribution in [0.5, 0.6) is 11.5 Å². The molecule has 0 bridgehead atoms. The number of methoxy groups -OCH3 is 1. The number of nitrogens with one attached hydrogen (secondary N) is 2. The molecule has 0 saturated carbocycles. The van der Waals surface area contributed by atoms with E-state index in [-0.39, 0.29) is 12.3 Å². The van der Waals surface area contributed by atoms with E-state index in [4.69, 9.17) is 21.1 Å². The normalized spacial score (nSPS) is 10.1. The van der Waals surface area contributed by atoms with Crippen molar-refractivity contribution in [1.82, 2.24) is 10.9 Å². The zero-order valence-electron chi connectivity index (χ0n) is 14.7. The van der Waals surface area contributed by atoms with E-state index >= 15 is 0 Å². The van der Waals surface area contributed by atoms with E-state index in [1.807, 2.05) is 13.0 Å². The molecule has 0 fully saturated rings. The quantitative estimate of drug-likeness (QED) is 0.574. The molecule has 26 heavy (non-hydrogen) atoms. The highest BCUT2D eigenvalue weighted by atomic mass is 35.5. The maximum atomic E-state index is 12.1. The molecule has 2 aromatic rings. The Morgan fingerprint density at radius 2 is 1.85 bits per heavy atom. The molecule has 0 aromatic heterocycles.